The highest BCUT2D eigenvalue weighted by atomic mass is 15.0. The largest absolute Gasteiger partial charge is 0.309 e. The van der Waals surface area contributed by atoms with E-state index in [-0.39, 0.29) is 0 Å². The van der Waals surface area contributed by atoms with Crippen LogP contribution in [0.25, 0.3) is 98.8 Å². The summed E-state index contributed by atoms with van der Waals surface area (Å²) in [7, 11) is 0. The summed E-state index contributed by atoms with van der Waals surface area (Å²) in [4.78, 5) is 0. The zero-order chi connectivity index (χ0) is 42.2. The van der Waals surface area contributed by atoms with Gasteiger partial charge in [-0.2, -0.15) is 21.0 Å². The SMILES string of the molecule is Cc1cccc(-c2c3ccc(-n4c5ccc(C#N)cc5c5cc(C#N)ccc54)cc3c(-c3cccc(C)c3)c3ccc(-n4c5ccc(C#N)cc5c5cc(C#N)ccc54)cc23)c1. The Morgan fingerprint density at radius 1 is 0.323 bits per heavy atom. The summed E-state index contributed by atoms with van der Waals surface area (Å²) in [5.74, 6) is 0. The molecule has 0 aliphatic rings. The second-order valence-electron chi connectivity index (χ2n) is 16.0. The van der Waals surface area contributed by atoms with Gasteiger partial charge in [-0.05, 0) is 155 Å². The van der Waals surface area contributed by atoms with E-state index < -0.39 is 0 Å². The summed E-state index contributed by atoms with van der Waals surface area (Å²) in [5.41, 5.74) is 14.7. The molecule has 286 valence electrons. The summed E-state index contributed by atoms with van der Waals surface area (Å²) in [6.07, 6.45) is 0. The number of nitrogens with zero attached hydrogens (tertiary/aromatic N) is 6. The third-order valence-electron chi connectivity index (χ3n) is 12.3. The highest BCUT2D eigenvalue weighted by Gasteiger charge is 2.22. The molecule has 0 aliphatic carbocycles. The molecule has 0 saturated heterocycles. The topological polar surface area (TPSA) is 105 Å². The van der Waals surface area contributed by atoms with Gasteiger partial charge >= 0.3 is 0 Å². The number of hydrogen-bond donors (Lipinski definition) is 0. The molecule has 0 saturated carbocycles. The van der Waals surface area contributed by atoms with Crippen LogP contribution < -0.4 is 0 Å². The Kier molecular flexibility index (Phi) is 8.07. The summed E-state index contributed by atoms with van der Waals surface area (Å²) in [6, 6.07) is 63.1. The molecule has 0 aliphatic heterocycles. The van der Waals surface area contributed by atoms with Crippen LogP contribution in [0.15, 0.2) is 158 Å². The van der Waals surface area contributed by atoms with Gasteiger partial charge in [0, 0.05) is 32.9 Å². The zero-order valence-corrected chi connectivity index (χ0v) is 33.7. The summed E-state index contributed by atoms with van der Waals surface area (Å²) in [6.45, 7) is 4.25. The van der Waals surface area contributed by atoms with Gasteiger partial charge in [-0.15, -0.1) is 0 Å². The molecular weight excluding hydrogens is 757 g/mol. The Balaban J connectivity index is 1.27. The maximum atomic E-state index is 9.87. The van der Waals surface area contributed by atoms with E-state index in [1.54, 1.807) is 0 Å². The molecule has 0 atom stereocenters. The van der Waals surface area contributed by atoms with Gasteiger partial charge in [-0.1, -0.05) is 71.8 Å². The van der Waals surface area contributed by atoms with Crippen LogP contribution in [0.2, 0.25) is 0 Å². The van der Waals surface area contributed by atoms with Crippen LogP contribution in [-0.4, -0.2) is 9.13 Å². The number of benzene rings is 9. The molecule has 2 heterocycles. The minimum atomic E-state index is 0.563. The lowest BCUT2D eigenvalue weighted by atomic mass is 9.85. The van der Waals surface area contributed by atoms with E-state index in [9.17, 15) is 21.0 Å². The van der Waals surface area contributed by atoms with Crippen molar-refractivity contribution in [3.05, 3.63) is 191 Å². The van der Waals surface area contributed by atoms with Gasteiger partial charge in [0.25, 0.3) is 0 Å². The quantitative estimate of drug-likeness (QED) is 0.166. The van der Waals surface area contributed by atoms with Crippen molar-refractivity contribution in [2.45, 2.75) is 13.8 Å². The smallest absolute Gasteiger partial charge is 0.0991 e. The van der Waals surface area contributed by atoms with Crippen molar-refractivity contribution in [2.24, 2.45) is 0 Å². The number of rotatable bonds is 4. The first-order valence-corrected chi connectivity index (χ1v) is 20.3. The summed E-state index contributed by atoms with van der Waals surface area (Å²) in [5, 5.41) is 47.5. The standard InChI is InChI=1S/C56H32N6/c1-33-5-3-7-39(21-33)55-43-15-13-42(62-53-19-11-37(31-59)25-47(53)48-26-38(32-60)12-20-54(48)62)28-50(43)56(40-8-4-6-34(2)22-40)44-16-14-41(27-49(44)55)61-51-17-9-35(29-57)23-45(51)46-24-36(30-58)10-18-52(46)61/h3-28H,1-2H3. The number of fused-ring (bicyclic) bond motifs is 8. The maximum Gasteiger partial charge on any atom is 0.0991 e. The van der Waals surface area contributed by atoms with Crippen LogP contribution in [0.1, 0.15) is 33.4 Å². The molecule has 6 nitrogen and oxygen atoms in total. The molecule has 6 heteroatoms. The molecule has 9 aromatic carbocycles. The molecule has 0 amide bonds. The van der Waals surface area contributed by atoms with Crippen LogP contribution in [0.4, 0.5) is 0 Å². The highest BCUT2D eigenvalue weighted by molar-refractivity contribution is 6.23. The van der Waals surface area contributed by atoms with Gasteiger partial charge in [0.1, 0.15) is 0 Å². The van der Waals surface area contributed by atoms with E-state index in [4.69, 9.17) is 0 Å². The second kappa shape index (κ2) is 13.8. The first kappa shape index (κ1) is 36.2. The molecule has 62 heavy (non-hydrogen) atoms. The first-order valence-electron chi connectivity index (χ1n) is 20.3. The van der Waals surface area contributed by atoms with Gasteiger partial charge in [0.2, 0.25) is 0 Å². The highest BCUT2D eigenvalue weighted by Crippen LogP contribution is 2.47. The molecule has 0 radical (unpaired) electrons. The molecule has 11 rings (SSSR count). The van der Waals surface area contributed by atoms with Crippen molar-refractivity contribution < 1.29 is 0 Å². The maximum absolute atomic E-state index is 9.87. The lowest BCUT2D eigenvalue weighted by Gasteiger charge is -2.21. The second-order valence-corrected chi connectivity index (χ2v) is 16.0. The number of aromatic nitrogens is 2. The first-order chi connectivity index (χ1) is 30.3. The number of aryl methyl sites for hydroxylation is 2. The molecule has 11 aromatic rings. The number of nitriles is 4. The van der Waals surface area contributed by atoms with Crippen LogP contribution in [0.3, 0.4) is 0 Å². The minimum absolute atomic E-state index is 0.563. The predicted octanol–water partition coefficient (Wildman–Crippen LogP) is 13.6. The molecule has 2 aromatic heterocycles. The van der Waals surface area contributed by atoms with E-state index in [0.29, 0.717) is 22.3 Å². The van der Waals surface area contributed by atoms with Gasteiger partial charge < -0.3 is 9.13 Å². The Labute approximate surface area is 356 Å². The monoisotopic (exact) mass is 788 g/mol. The third-order valence-corrected chi connectivity index (χ3v) is 12.3. The predicted molar refractivity (Wildman–Crippen MR) is 249 cm³/mol. The van der Waals surface area contributed by atoms with E-state index in [2.05, 4.69) is 132 Å². The Morgan fingerprint density at radius 3 is 0.968 bits per heavy atom. The van der Waals surface area contributed by atoms with Crippen molar-refractivity contribution >= 4 is 65.2 Å². The van der Waals surface area contributed by atoms with Crippen molar-refractivity contribution in [1.29, 1.82) is 21.0 Å². The molecule has 0 N–H and O–H groups in total. The normalized spacial score (nSPS) is 11.3. The molecular formula is C56H32N6. The van der Waals surface area contributed by atoms with Crippen LogP contribution in [0, 0.1) is 59.2 Å². The molecule has 0 fully saturated rings. The molecule has 0 bridgehead atoms. The van der Waals surface area contributed by atoms with E-state index in [0.717, 1.165) is 110 Å². The zero-order valence-electron chi connectivity index (χ0n) is 33.7. The van der Waals surface area contributed by atoms with Crippen LogP contribution in [-0.2, 0) is 0 Å². The van der Waals surface area contributed by atoms with Crippen LogP contribution in [0.5, 0.6) is 0 Å². The summed E-state index contributed by atoms with van der Waals surface area (Å²) < 4.78 is 4.48. The van der Waals surface area contributed by atoms with Crippen molar-refractivity contribution in [1.82, 2.24) is 9.13 Å². The van der Waals surface area contributed by atoms with Crippen molar-refractivity contribution in [3.63, 3.8) is 0 Å². The Bertz CT molecular complexity index is 3540. The lowest BCUT2D eigenvalue weighted by molar-refractivity contribution is 1.18. The van der Waals surface area contributed by atoms with E-state index >= 15 is 0 Å². The fraction of sp³-hybridized carbons (Fsp3) is 0.0357. The third kappa shape index (κ3) is 5.46. The molecule has 0 spiro atoms. The Morgan fingerprint density at radius 2 is 0.661 bits per heavy atom. The van der Waals surface area contributed by atoms with Gasteiger partial charge in [0.05, 0.1) is 68.6 Å². The fourth-order valence-electron chi connectivity index (χ4n) is 9.59. The van der Waals surface area contributed by atoms with Gasteiger partial charge in [0.15, 0.2) is 0 Å². The van der Waals surface area contributed by atoms with Crippen molar-refractivity contribution in [2.75, 3.05) is 0 Å². The average Bonchev–Trinajstić information content (AvgIpc) is 3.81. The minimum Gasteiger partial charge on any atom is -0.309 e. The summed E-state index contributed by atoms with van der Waals surface area (Å²) >= 11 is 0. The molecule has 0 unspecified atom stereocenters. The van der Waals surface area contributed by atoms with E-state index in [1.165, 1.54) is 0 Å². The lowest BCUT2D eigenvalue weighted by Crippen LogP contribution is -1.98. The van der Waals surface area contributed by atoms with E-state index in [1.807, 2.05) is 72.8 Å². The number of hydrogen-bond acceptors (Lipinski definition) is 4. The average molecular weight is 789 g/mol. The van der Waals surface area contributed by atoms with Crippen molar-refractivity contribution in [3.8, 4) is 57.9 Å². The fourth-order valence-corrected chi connectivity index (χ4v) is 9.59. The van der Waals surface area contributed by atoms with Gasteiger partial charge in [-0.3, -0.25) is 0 Å². The Hall–Kier alpha value is -8.94. The van der Waals surface area contributed by atoms with Crippen LogP contribution >= 0.6 is 0 Å². The van der Waals surface area contributed by atoms with Gasteiger partial charge in [-0.25, -0.2) is 0 Å².